The lowest BCUT2D eigenvalue weighted by atomic mass is 10.2. The van der Waals surface area contributed by atoms with Gasteiger partial charge in [-0.2, -0.15) is 0 Å². The van der Waals surface area contributed by atoms with Crippen molar-refractivity contribution in [1.82, 2.24) is 14.9 Å². The Kier molecular flexibility index (Phi) is 4.36. The molecule has 25 heavy (non-hydrogen) atoms. The van der Waals surface area contributed by atoms with E-state index in [0.29, 0.717) is 42.9 Å². The van der Waals surface area contributed by atoms with Crippen molar-refractivity contribution in [3.63, 3.8) is 0 Å². The first kappa shape index (κ1) is 17.2. The summed E-state index contributed by atoms with van der Waals surface area (Å²) < 4.78 is 19.1. The third kappa shape index (κ3) is 3.72. The average molecular weight is 348 g/mol. The van der Waals surface area contributed by atoms with Gasteiger partial charge in [-0.15, -0.1) is 0 Å². The number of piperazine rings is 1. The van der Waals surface area contributed by atoms with Gasteiger partial charge in [0.05, 0.1) is 5.52 Å². The smallest absolute Gasteiger partial charge is 0.410 e. The number of aromatic hydroxyl groups is 1. The summed E-state index contributed by atoms with van der Waals surface area (Å²) in [6, 6.07) is 2.52. The zero-order valence-corrected chi connectivity index (χ0v) is 14.5. The van der Waals surface area contributed by atoms with Crippen LogP contribution in [-0.2, 0) is 4.74 Å². The zero-order valence-electron chi connectivity index (χ0n) is 14.5. The molecule has 1 aliphatic rings. The van der Waals surface area contributed by atoms with Gasteiger partial charge in [0.25, 0.3) is 0 Å². The Bertz CT molecular complexity index is 798. The molecule has 0 atom stereocenters. The second kappa shape index (κ2) is 6.34. The monoisotopic (exact) mass is 348 g/mol. The van der Waals surface area contributed by atoms with Crippen molar-refractivity contribution in [2.75, 3.05) is 31.1 Å². The molecule has 0 bridgehead atoms. The number of nitrogens with zero attached hydrogens (tertiary/aromatic N) is 4. The Hall–Kier alpha value is -2.64. The van der Waals surface area contributed by atoms with Crippen LogP contribution in [0.2, 0.25) is 0 Å². The number of fused-ring (bicyclic) bond motifs is 1. The molecule has 0 aliphatic carbocycles. The molecule has 1 aliphatic heterocycles. The highest BCUT2D eigenvalue weighted by molar-refractivity contribution is 5.90. The molecule has 1 aromatic heterocycles. The number of carbonyl (C=O) groups is 1. The Morgan fingerprint density at radius 2 is 1.88 bits per heavy atom. The van der Waals surface area contributed by atoms with Crippen LogP contribution in [0.1, 0.15) is 20.8 Å². The zero-order chi connectivity index (χ0) is 18.2. The number of carbonyl (C=O) groups excluding carboxylic acids is 1. The van der Waals surface area contributed by atoms with Crippen LogP contribution in [0.4, 0.5) is 15.0 Å². The molecule has 2 heterocycles. The maximum atomic E-state index is 13.7. The van der Waals surface area contributed by atoms with E-state index in [1.54, 1.807) is 4.90 Å². The van der Waals surface area contributed by atoms with Crippen molar-refractivity contribution < 1.29 is 19.0 Å². The van der Waals surface area contributed by atoms with Crippen LogP contribution >= 0.6 is 0 Å². The molecule has 8 heteroatoms. The van der Waals surface area contributed by atoms with Gasteiger partial charge in [0.1, 0.15) is 17.7 Å². The number of aromatic nitrogens is 2. The van der Waals surface area contributed by atoms with Crippen LogP contribution in [0.15, 0.2) is 18.5 Å². The number of amides is 1. The molecule has 0 spiro atoms. The highest BCUT2D eigenvalue weighted by atomic mass is 19.1. The highest BCUT2D eigenvalue weighted by Crippen LogP contribution is 2.29. The van der Waals surface area contributed by atoms with Gasteiger partial charge in [0.15, 0.2) is 11.6 Å². The third-order valence-electron chi connectivity index (χ3n) is 3.91. The van der Waals surface area contributed by atoms with Gasteiger partial charge in [-0.25, -0.2) is 19.2 Å². The minimum atomic E-state index is -0.712. The van der Waals surface area contributed by atoms with Crippen molar-refractivity contribution in [1.29, 1.82) is 0 Å². The van der Waals surface area contributed by atoms with E-state index < -0.39 is 17.2 Å². The molecular weight excluding hydrogens is 327 g/mol. The molecule has 0 unspecified atom stereocenters. The predicted octanol–water partition coefficient (Wildman–Crippen LogP) is 2.53. The largest absolute Gasteiger partial charge is 0.505 e. The van der Waals surface area contributed by atoms with Gasteiger partial charge in [-0.3, -0.25) is 0 Å². The van der Waals surface area contributed by atoms with Crippen molar-refractivity contribution in [2.45, 2.75) is 26.4 Å². The fourth-order valence-corrected chi connectivity index (χ4v) is 2.73. The lowest BCUT2D eigenvalue weighted by Crippen LogP contribution is -2.50. The van der Waals surface area contributed by atoms with Gasteiger partial charge in [0.2, 0.25) is 0 Å². The molecule has 0 saturated carbocycles. The lowest BCUT2D eigenvalue weighted by Gasteiger charge is -2.36. The van der Waals surface area contributed by atoms with Crippen molar-refractivity contribution in [3.05, 3.63) is 24.3 Å². The number of ether oxygens (including phenoxy) is 1. The quantitative estimate of drug-likeness (QED) is 0.853. The SMILES string of the molecule is CC(C)(C)OC(=O)N1CCN(c2ncnc3cc(O)c(F)cc23)CC1. The summed E-state index contributed by atoms with van der Waals surface area (Å²) >= 11 is 0. The molecule has 1 amide bonds. The van der Waals surface area contributed by atoms with Crippen molar-refractivity contribution >= 4 is 22.8 Å². The molecule has 7 nitrogen and oxygen atoms in total. The number of phenols is 1. The average Bonchev–Trinajstić information content (AvgIpc) is 2.54. The summed E-state index contributed by atoms with van der Waals surface area (Å²) in [4.78, 5) is 24.1. The van der Waals surface area contributed by atoms with E-state index in [2.05, 4.69) is 9.97 Å². The Morgan fingerprint density at radius 3 is 2.52 bits per heavy atom. The molecule has 2 aromatic rings. The van der Waals surface area contributed by atoms with E-state index in [4.69, 9.17) is 4.74 Å². The van der Waals surface area contributed by atoms with Gasteiger partial charge in [-0.1, -0.05) is 0 Å². The third-order valence-corrected chi connectivity index (χ3v) is 3.91. The fourth-order valence-electron chi connectivity index (χ4n) is 2.73. The molecule has 1 aromatic carbocycles. The molecule has 1 N–H and O–H groups in total. The number of phenolic OH excluding ortho intramolecular Hbond substituents is 1. The maximum absolute atomic E-state index is 13.7. The number of anilines is 1. The van der Waals surface area contributed by atoms with Gasteiger partial charge < -0.3 is 19.6 Å². The minimum Gasteiger partial charge on any atom is -0.505 e. The van der Waals surface area contributed by atoms with Crippen LogP contribution < -0.4 is 4.90 Å². The fraction of sp³-hybridized carbons (Fsp3) is 0.471. The molecule has 134 valence electrons. The summed E-state index contributed by atoms with van der Waals surface area (Å²) in [5.74, 6) is -0.560. The summed E-state index contributed by atoms with van der Waals surface area (Å²) in [5.41, 5.74) is -0.0603. The van der Waals surface area contributed by atoms with Gasteiger partial charge >= 0.3 is 6.09 Å². The van der Waals surface area contributed by atoms with Crippen LogP contribution in [-0.4, -0.2) is 57.8 Å². The normalized spacial score (nSPS) is 15.5. The van der Waals surface area contributed by atoms with Crippen LogP contribution in [0.25, 0.3) is 10.9 Å². The minimum absolute atomic E-state index is 0.337. The Morgan fingerprint density at radius 1 is 1.20 bits per heavy atom. The van der Waals surface area contributed by atoms with Gasteiger partial charge in [0, 0.05) is 37.6 Å². The summed E-state index contributed by atoms with van der Waals surface area (Å²) in [7, 11) is 0. The number of benzene rings is 1. The van der Waals surface area contributed by atoms with E-state index in [9.17, 15) is 14.3 Å². The van der Waals surface area contributed by atoms with E-state index in [-0.39, 0.29) is 6.09 Å². The molecule has 1 fully saturated rings. The number of hydrogen-bond acceptors (Lipinski definition) is 6. The first-order valence-electron chi connectivity index (χ1n) is 8.11. The number of rotatable bonds is 1. The first-order valence-corrected chi connectivity index (χ1v) is 8.11. The topological polar surface area (TPSA) is 78.8 Å². The predicted molar refractivity (Wildman–Crippen MR) is 91.2 cm³/mol. The second-order valence-electron chi connectivity index (χ2n) is 6.97. The van der Waals surface area contributed by atoms with E-state index in [0.717, 1.165) is 0 Å². The van der Waals surface area contributed by atoms with Crippen LogP contribution in [0.3, 0.4) is 0 Å². The lowest BCUT2D eigenvalue weighted by molar-refractivity contribution is 0.0240. The number of halogens is 1. The second-order valence-corrected chi connectivity index (χ2v) is 6.97. The molecule has 3 rings (SSSR count). The van der Waals surface area contributed by atoms with Gasteiger partial charge in [-0.05, 0) is 26.8 Å². The van der Waals surface area contributed by atoms with E-state index in [1.807, 2.05) is 25.7 Å². The number of hydrogen-bond donors (Lipinski definition) is 1. The van der Waals surface area contributed by atoms with Crippen LogP contribution in [0.5, 0.6) is 5.75 Å². The molecular formula is C17H21FN4O3. The summed E-state index contributed by atoms with van der Waals surface area (Å²) in [5, 5.41) is 10.0. The Labute approximate surface area is 145 Å². The molecule has 1 saturated heterocycles. The maximum Gasteiger partial charge on any atom is 0.410 e. The molecule has 0 radical (unpaired) electrons. The standard InChI is InChI=1S/C17H21FN4O3/c1-17(2,3)25-16(24)22-6-4-21(5-7-22)15-11-8-12(18)14(23)9-13(11)19-10-20-15/h8-10,23H,4-7H2,1-3H3. The van der Waals surface area contributed by atoms with E-state index in [1.165, 1.54) is 18.5 Å². The summed E-state index contributed by atoms with van der Waals surface area (Å²) in [6.45, 7) is 7.57. The van der Waals surface area contributed by atoms with Crippen LogP contribution in [0, 0.1) is 5.82 Å². The summed E-state index contributed by atoms with van der Waals surface area (Å²) in [6.07, 6.45) is 1.05. The Balaban J connectivity index is 1.76. The van der Waals surface area contributed by atoms with E-state index >= 15 is 0 Å². The first-order chi connectivity index (χ1) is 11.7. The van der Waals surface area contributed by atoms with Crippen molar-refractivity contribution in [3.8, 4) is 5.75 Å². The highest BCUT2D eigenvalue weighted by Gasteiger charge is 2.27. The van der Waals surface area contributed by atoms with Crippen molar-refractivity contribution in [2.24, 2.45) is 0 Å².